The molecule has 108 valence electrons. The molecule has 9 nitrogen and oxygen atoms in total. The quantitative estimate of drug-likeness (QED) is 0.716. The predicted molar refractivity (Wildman–Crippen MR) is 76.1 cm³/mol. The van der Waals surface area contributed by atoms with Crippen LogP contribution in [0.4, 0.5) is 5.95 Å². The van der Waals surface area contributed by atoms with Gasteiger partial charge >= 0.3 is 0 Å². The lowest BCUT2D eigenvalue weighted by molar-refractivity contribution is -0.131. The molecule has 0 bridgehead atoms. The van der Waals surface area contributed by atoms with Gasteiger partial charge in [0, 0.05) is 13.6 Å². The summed E-state index contributed by atoms with van der Waals surface area (Å²) in [5.41, 5.74) is 8.21. The first-order valence-corrected chi connectivity index (χ1v) is 6.83. The standard InChI is InChI=1S/C11H12N8OS/c1-18(10(20)6-19-11(12)13-16-17-19)5-7-2-3-8-9(4-7)15-21-14-8/h2-4H,5-6H2,1H3,(H2,12,13,17). The van der Waals surface area contributed by atoms with E-state index >= 15 is 0 Å². The number of tetrazole rings is 1. The Morgan fingerprint density at radius 1 is 1.38 bits per heavy atom. The lowest BCUT2D eigenvalue weighted by Crippen LogP contribution is -2.30. The Labute approximate surface area is 123 Å². The Kier molecular flexibility index (Phi) is 3.44. The van der Waals surface area contributed by atoms with Gasteiger partial charge in [-0.15, -0.1) is 0 Å². The predicted octanol–water partition coefficient (Wildman–Crippen LogP) is -0.0814. The summed E-state index contributed by atoms with van der Waals surface area (Å²) in [6, 6.07) is 5.75. The van der Waals surface area contributed by atoms with E-state index in [1.165, 1.54) is 16.4 Å². The van der Waals surface area contributed by atoms with E-state index in [0.717, 1.165) is 16.6 Å². The van der Waals surface area contributed by atoms with Gasteiger partial charge in [-0.1, -0.05) is 11.2 Å². The Morgan fingerprint density at radius 2 is 2.19 bits per heavy atom. The smallest absolute Gasteiger partial charge is 0.244 e. The second-order valence-electron chi connectivity index (χ2n) is 4.53. The van der Waals surface area contributed by atoms with Gasteiger partial charge in [0.1, 0.15) is 17.6 Å². The van der Waals surface area contributed by atoms with Crippen LogP contribution in [0.2, 0.25) is 0 Å². The third kappa shape index (κ3) is 2.79. The van der Waals surface area contributed by atoms with Crippen molar-refractivity contribution < 1.29 is 4.79 Å². The molecular weight excluding hydrogens is 292 g/mol. The number of aromatic nitrogens is 6. The van der Waals surface area contributed by atoms with E-state index in [-0.39, 0.29) is 18.4 Å². The van der Waals surface area contributed by atoms with Gasteiger partial charge in [-0.25, -0.2) is 4.68 Å². The maximum absolute atomic E-state index is 12.1. The molecule has 0 unspecified atom stereocenters. The van der Waals surface area contributed by atoms with Gasteiger partial charge in [-0.3, -0.25) is 4.79 Å². The number of nitrogens with zero attached hydrogens (tertiary/aromatic N) is 7. The second kappa shape index (κ2) is 5.40. The fourth-order valence-corrected chi connectivity index (χ4v) is 2.38. The molecule has 0 aliphatic heterocycles. The van der Waals surface area contributed by atoms with Crippen molar-refractivity contribution in [1.29, 1.82) is 0 Å². The highest BCUT2D eigenvalue weighted by atomic mass is 32.1. The molecule has 2 N–H and O–H groups in total. The summed E-state index contributed by atoms with van der Waals surface area (Å²) in [6.07, 6.45) is 0. The number of benzene rings is 1. The average molecular weight is 304 g/mol. The van der Waals surface area contributed by atoms with Gasteiger partial charge in [0.15, 0.2) is 0 Å². The van der Waals surface area contributed by atoms with Crippen LogP contribution in [0.3, 0.4) is 0 Å². The molecule has 0 saturated carbocycles. The number of nitrogen functional groups attached to an aromatic ring is 1. The fourth-order valence-electron chi connectivity index (χ4n) is 1.86. The second-order valence-corrected chi connectivity index (χ2v) is 5.06. The summed E-state index contributed by atoms with van der Waals surface area (Å²) in [4.78, 5) is 13.7. The number of anilines is 1. The molecule has 0 aliphatic rings. The van der Waals surface area contributed by atoms with Crippen LogP contribution < -0.4 is 5.73 Å². The van der Waals surface area contributed by atoms with Crippen molar-refractivity contribution in [1.82, 2.24) is 33.9 Å². The number of hydrogen-bond acceptors (Lipinski definition) is 8. The molecule has 0 atom stereocenters. The summed E-state index contributed by atoms with van der Waals surface area (Å²) in [6.45, 7) is 0.476. The van der Waals surface area contributed by atoms with E-state index in [4.69, 9.17) is 5.73 Å². The molecule has 0 spiro atoms. The minimum absolute atomic E-state index is 0.00976. The van der Waals surface area contributed by atoms with Crippen molar-refractivity contribution in [2.24, 2.45) is 0 Å². The van der Waals surface area contributed by atoms with Crippen molar-refractivity contribution in [3.8, 4) is 0 Å². The zero-order chi connectivity index (χ0) is 14.8. The summed E-state index contributed by atoms with van der Waals surface area (Å²) in [7, 11) is 1.71. The van der Waals surface area contributed by atoms with Crippen molar-refractivity contribution in [2.45, 2.75) is 13.1 Å². The zero-order valence-corrected chi connectivity index (χ0v) is 12.0. The molecule has 0 aliphatic carbocycles. The molecule has 10 heteroatoms. The number of carbonyl (C=O) groups excluding carboxylic acids is 1. The normalized spacial score (nSPS) is 10.9. The minimum Gasteiger partial charge on any atom is -0.367 e. The number of amides is 1. The number of rotatable bonds is 4. The first-order chi connectivity index (χ1) is 10.1. The maximum atomic E-state index is 12.1. The molecule has 1 amide bonds. The van der Waals surface area contributed by atoms with Crippen LogP contribution in [-0.4, -0.2) is 46.8 Å². The molecule has 0 fully saturated rings. The van der Waals surface area contributed by atoms with Gasteiger partial charge in [0.05, 0.1) is 11.7 Å². The first-order valence-electron chi connectivity index (χ1n) is 6.10. The lowest BCUT2D eigenvalue weighted by Gasteiger charge is -2.17. The number of carbonyl (C=O) groups is 1. The van der Waals surface area contributed by atoms with E-state index in [1.54, 1.807) is 11.9 Å². The average Bonchev–Trinajstić information content (AvgIpc) is 3.07. The third-order valence-electron chi connectivity index (χ3n) is 3.01. The van der Waals surface area contributed by atoms with Crippen molar-refractivity contribution in [2.75, 3.05) is 12.8 Å². The van der Waals surface area contributed by atoms with Crippen molar-refractivity contribution >= 4 is 34.6 Å². The van der Waals surface area contributed by atoms with Crippen LogP contribution >= 0.6 is 11.7 Å². The number of nitrogens with two attached hydrogens (primary N) is 1. The fraction of sp³-hybridized carbons (Fsp3) is 0.273. The van der Waals surface area contributed by atoms with E-state index < -0.39 is 0 Å². The molecule has 3 rings (SSSR count). The Hall–Kier alpha value is -2.62. The van der Waals surface area contributed by atoms with Gasteiger partial charge in [-0.05, 0) is 28.1 Å². The van der Waals surface area contributed by atoms with Gasteiger partial charge in [-0.2, -0.15) is 8.75 Å². The van der Waals surface area contributed by atoms with Crippen LogP contribution in [0, 0.1) is 0 Å². The highest BCUT2D eigenvalue weighted by Crippen LogP contribution is 2.14. The van der Waals surface area contributed by atoms with Gasteiger partial charge in [0.2, 0.25) is 11.9 Å². The van der Waals surface area contributed by atoms with E-state index in [0.29, 0.717) is 6.54 Å². The SMILES string of the molecule is CN(Cc1ccc2nsnc2c1)C(=O)Cn1nnnc1N. The molecule has 0 saturated heterocycles. The summed E-state index contributed by atoms with van der Waals surface area (Å²) in [5.74, 6) is -0.0165. The summed E-state index contributed by atoms with van der Waals surface area (Å²) < 4.78 is 9.58. The monoisotopic (exact) mass is 304 g/mol. The van der Waals surface area contributed by atoms with E-state index in [1.807, 2.05) is 18.2 Å². The van der Waals surface area contributed by atoms with Crippen molar-refractivity contribution in [3.05, 3.63) is 23.8 Å². The van der Waals surface area contributed by atoms with Gasteiger partial charge in [0.25, 0.3) is 0 Å². The topological polar surface area (TPSA) is 116 Å². The Balaban J connectivity index is 1.68. The third-order valence-corrected chi connectivity index (χ3v) is 3.56. The lowest BCUT2D eigenvalue weighted by atomic mass is 10.2. The van der Waals surface area contributed by atoms with E-state index in [2.05, 4.69) is 24.3 Å². The van der Waals surface area contributed by atoms with Crippen LogP contribution in [0.25, 0.3) is 11.0 Å². The van der Waals surface area contributed by atoms with Crippen LogP contribution in [-0.2, 0) is 17.9 Å². The summed E-state index contributed by atoms with van der Waals surface area (Å²) >= 11 is 1.17. The van der Waals surface area contributed by atoms with Crippen LogP contribution in [0.1, 0.15) is 5.56 Å². The molecular formula is C11H12N8OS. The summed E-state index contributed by atoms with van der Waals surface area (Å²) in [5, 5.41) is 10.6. The molecule has 2 aromatic heterocycles. The number of likely N-dealkylation sites (N-methyl/N-ethyl adjacent to an activating group) is 1. The Morgan fingerprint density at radius 3 is 2.95 bits per heavy atom. The molecule has 3 aromatic rings. The molecule has 0 radical (unpaired) electrons. The van der Waals surface area contributed by atoms with E-state index in [9.17, 15) is 4.79 Å². The van der Waals surface area contributed by atoms with Gasteiger partial charge < -0.3 is 10.6 Å². The van der Waals surface area contributed by atoms with Crippen molar-refractivity contribution in [3.63, 3.8) is 0 Å². The highest BCUT2D eigenvalue weighted by molar-refractivity contribution is 7.00. The molecule has 21 heavy (non-hydrogen) atoms. The highest BCUT2D eigenvalue weighted by Gasteiger charge is 2.13. The minimum atomic E-state index is -0.134. The van der Waals surface area contributed by atoms with Crippen LogP contribution in [0.5, 0.6) is 0 Å². The zero-order valence-electron chi connectivity index (χ0n) is 11.2. The largest absolute Gasteiger partial charge is 0.367 e. The first kappa shape index (κ1) is 13.4. The molecule has 1 aromatic carbocycles. The number of hydrogen-bond donors (Lipinski definition) is 1. The Bertz CT molecular complexity index is 781. The maximum Gasteiger partial charge on any atom is 0.244 e. The van der Waals surface area contributed by atoms with Crippen LogP contribution in [0.15, 0.2) is 18.2 Å². The molecule has 2 heterocycles. The number of fused-ring (bicyclic) bond motifs is 1.